The van der Waals surface area contributed by atoms with E-state index in [0.717, 1.165) is 11.4 Å². The molecule has 3 heteroatoms. The van der Waals surface area contributed by atoms with Crippen LogP contribution in [0.1, 0.15) is 43.2 Å². The van der Waals surface area contributed by atoms with Crippen molar-refractivity contribution in [1.82, 2.24) is 4.98 Å². The Morgan fingerprint density at radius 3 is 2.11 bits per heavy atom. The lowest BCUT2D eigenvalue weighted by molar-refractivity contribution is 0.301. The zero-order valence-electron chi connectivity index (χ0n) is 16.0. The minimum Gasteiger partial charge on any atom is -0.487 e. The lowest BCUT2D eigenvalue weighted by Crippen LogP contribution is -2.30. The summed E-state index contributed by atoms with van der Waals surface area (Å²) in [4.78, 5) is 4.28. The Balaban J connectivity index is 1.82. The van der Waals surface area contributed by atoms with Gasteiger partial charge in [-0.05, 0) is 53.4 Å². The van der Waals surface area contributed by atoms with E-state index in [1.807, 2.05) is 42.5 Å². The van der Waals surface area contributed by atoms with Crippen LogP contribution in [0.25, 0.3) is 0 Å². The van der Waals surface area contributed by atoms with Crippen LogP contribution in [-0.2, 0) is 12.0 Å². The van der Waals surface area contributed by atoms with Crippen LogP contribution >= 0.6 is 0 Å². The second-order valence-corrected chi connectivity index (χ2v) is 7.18. The van der Waals surface area contributed by atoms with Gasteiger partial charge in [-0.2, -0.15) is 5.26 Å². The molecule has 3 nitrogen and oxygen atoms in total. The molecule has 0 saturated heterocycles. The van der Waals surface area contributed by atoms with Gasteiger partial charge in [-0.25, -0.2) is 0 Å². The van der Waals surface area contributed by atoms with Crippen LogP contribution in [0.4, 0.5) is 0 Å². The summed E-state index contributed by atoms with van der Waals surface area (Å²) >= 11 is 0. The van der Waals surface area contributed by atoms with Crippen LogP contribution < -0.4 is 4.74 Å². The van der Waals surface area contributed by atoms with Crippen molar-refractivity contribution in [2.75, 3.05) is 0 Å². The monoisotopic (exact) mass is 356 g/mol. The summed E-state index contributed by atoms with van der Waals surface area (Å²) < 4.78 is 5.86. The van der Waals surface area contributed by atoms with Crippen molar-refractivity contribution in [3.05, 3.63) is 95.3 Å². The first-order valence-electron chi connectivity index (χ1n) is 9.18. The van der Waals surface area contributed by atoms with E-state index in [9.17, 15) is 0 Å². The number of aromatic nitrogens is 1. The van der Waals surface area contributed by atoms with Crippen molar-refractivity contribution in [3.8, 4) is 11.8 Å². The fraction of sp³-hybridized carbons (Fsp3) is 0.250. The molecule has 136 valence electrons. The Morgan fingerprint density at radius 1 is 0.963 bits per heavy atom. The number of nitrogens with zero attached hydrogens (tertiary/aromatic N) is 2. The average molecular weight is 356 g/mol. The van der Waals surface area contributed by atoms with E-state index < -0.39 is 0 Å². The zero-order chi connectivity index (χ0) is 19.3. The van der Waals surface area contributed by atoms with Gasteiger partial charge in [0.25, 0.3) is 0 Å². The molecule has 0 spiro atoms. The van der Waals surface area contributed by atoms with E-state index in [2.05, 4.69) is 56.1 Å². The van der Waals surface area contributed by atoms with Crippen LogP contribution in [0.15, 0.2) is 72.9 Å². The SMILES string of the molecule is CC(C)C(C)(c1ccc(C#N)cc1)c1ccc(OCc2ccccn2)cc1. The van der Waals surface area contributed by atoms with E-state index >= 15 is 0 Å². The summed E-state index contributed by atoms with van der Waals surface area (Å²) in [6, 6.07) is 24.2. The minimum absolute atomic E-state index is 0.145. The number of hydrogen-bond donors (Lipinski definition) is 0. The molecule has 1 heterocycles. The first kappa shape index (κ1) is 18.7. The molecule has 1 unspecified atom stereocenters. The van der Waals surface area contributed by atoms with E-state index in [1.165, 1.54) is 11.1 Å². The standard InChI is InChI=1S/C24H24N2O/c1-18(2)24(3,20-9-7-19(16-25)8-10-20)21-11-13-23(14-12-21)27-17-22-6-4-5-15-26-22/h4-15,18H,17H2,1-3H3. The third-order valence-corrected chi connectivity index (χ3v) is 5.34. The van der Waals surface area contributed by atoms with Crippen molar-refractivity contribution in [3.63, 3.8) is 0 Å². The predicted octanol–water partition coefficient (Wildman–Crippen LogP) is 5.49. The number of benzene rings is 2. The van der Waals surface area contributed by atoms with Gasteiger partial charge in [0.05, 0.1) is 17.3 Å². The number of ether oxygens (including phenoxy) is 1. The van der Waals surface area contributed by atoms with E-state index in [0.29, 0.717) is 18.1 Å². The summed E-state index contributed by atoms with van der Waals surface area (Å²) in [5.74, 6) is 1.22. The molecule has 2 aromatic carbocycles. The Bertz CT molecular complexity index is 909. The topological polar surface area (TPSA) is 45.9 Å². The van der Waals surface area contributed by atoms with E-state index in [-0.39, 0.29) is 5.41 Å². The molecule has 3 aromatic rings. The van der Waals surface area contributed by atoms with Gasteiger partial charge in [-0.3, -0.25) is 4.98 Å². The summed E-state index contributed by atoms with van der Waals surface area (Å²) in [5.41, 5.74) is 3.88. The van der Waals surface area contributed by atoms with E-state index in [1.54, 1.807) is 6.20 Å². The summed E-state index contributed by atoms with van der Waals surface area (Å²) in [5, 5.41) is 9.05. The molecule has 0 radical (unpaired) electrons. The van der Waals surface area contributed by atoms with Crippen LogP contribution in [0.5, 0.6) is 5.75 Å². The molecule has 0 saturated carbocycles. The van der Waals surface area contributed by atoms with Gasteiger partial charge in [0.2, 0.25) is 0 Å². The highest BCUT2D eigenvalue weighted by Crippen LogP contribution is 2.39. The summed E-state index contributed by atoms with van der Waals surface area (Å²) in [6.07, 6.45) is 1.77. The molecule has 0 aliphatic rings. The third-order valence-electron chi connectivity index (χ3n) is 5.34. The highest BCUT2D eigenvalue weighted by molar-refractivity contribution is 5.43. The van der Waals surface area contributed by atoms with Gasteiger partial charge >= 0.3 is 0 Å². The molecule has 3 rings (SSSR count). The van der Waals surface area contributed by atoms with Crippen LogP contribution in [-0.4, -0.2) is 4.98 Å². The fourth-order valence-corrected chi connectivity index (χ4v) is 3.26. The van der Waals surface area contributed by atoms with Crippen LogP contribution in [0, 0.1) is 17.2 Å². The Hall–Kier alpha value is -3.12. The predicted molar refractivity (Wildman–Crippen MR) is 107 cm³/mol. The van der Waals surface area contributed by atoms with E-state index in [4.69, 9.17) is 10.00 Å². The first-order chi connectivity index (χ1) is 13.0. The minimum atomic E-state index is -0.145. The molecule has 0 aliphatic heterocycles. The van der Waals surface area contributed by atoms with Gasteiger partial charge in [-0.1, -0.05) is 51.1 Å². The molecular weight excluding hydrogens is 332 g/mol. The second kappa shape index (κ2) is 8.05. The van der Waals surface area contributed by atoms with Crippen molar-refractivity contribution in [2.24, 2.45) is 5.92 Å². The van der Waals surface area contributed by atoms with Gasteiger partial charge in [-0.15, -0.1) is 0 Å². The highest BCUT2D eigenvalue weighted by atomic mass is 16.5. The van der Waals surface area contributed by atoms with Crippen molar-refractivity contribution >= 4 is 0 Å². The van der Waals surface area contributed by atoms with Gasteiger partial charge in [0.1, 0.15) is 12.4 Å². The highest BCUT2D eigenvalue weighted by Gasteiger charge is 2.32. The molecule has 1 aromatic heterocycles. The molecule has 0 fully saturated rings. The second-order valence-electron chi connectivity index (χ2n) is 7.18. The Morgan fingerprint density at radius 2 is 1.59 bits per heavy atom. The molecular formula is C24H24N2O. The number of nitriles is 1. The Labute approximate surface area is 161 Å². The largest absolute Gasteiger partial charge is 0.487 e. The van der Waals surface area contributed by atoms with Crippen LogP contribution in [0.3, 0.4) is 0 Å². The lowest BCUT2D eigenvalue weighted by atomic mass is 9.68. The maximum Gasteiger partial charge on any atom is 0.130 e. The number of pyridine rings is 1. The lowest BCUT2D eigenvalue weighted by Gasteiger charge is -2.35. The van der Waals surface area contributed by atoms with Crippen molar-refractivity contribution < 1.29 is 4.74 Å². The summed E-state index contributed by atoms with van der Waals surface area (Å²) in [7, 11) is 0. The molecule has 0 amide bonds. The Kier molecular flexibility index (Phi) is 5.57. The maximum atomic E-state index is 9.05. The molecule has 0 aliphatic carbocycles. The summed E-state index contributed by atoms with van der Waals surface area (Å²) in [6.45, 7) is 7.16. The van der Waals surface area contributed by atoms with Gasteiger partial charge in [0.15, 0.2) is 0 Å². The third kappa shape index (κ3) is 4.01. The maximum absolute atomic E-state index is 9.05. The smallest absolute Gasteiger partial charge is 0.130 e. The molecule has 1 atom stereocenters. The first-order valence-corrected chi connectivity index (χ1v) is 9.18. The number of rotatable bonds is 6. The van der Waals surface area contributed by atoms with Gasteiger partial charge in [0, 0.05) is 11.6 Å². The van der Waals surface area contributed by atoms with Gasteiger partial charge < -0.3 is 4.74 Å². The van der Waals surface area contributed by atoms with Crippen molar-refractivity contribution in [2.45, 2.75) is 32.8 Å². The fourth-order valence-electron chi connectivity index (χ4n) is 3.26. The normalized spacial score (nSPS) is 13.0. The molecule has 27 heavy (non-hydrogen) atoms. The molecule has 0 bridgehead atoms. The van der Waals surface area contributed by atoms with Crippen LogP contribution in [0.2, 0.25) is 0 Å². The average Bonchev–Trinajstić information content (AvgIpc) is 2.72. The van der Waals surface area contributed by atoms with Crippen molar-refractivity contribution in [1.29, 1.82) is 5.26 Å². The quantitative estimate of drug-likeness (QED) is 0.586. The molecule has 0 N–H and O–H groups in total. The number of hydrogen-bond acceptors (Lipinski definition) is 3. The zero-order valence-corrected chi connectivity index (χ0v) is 16.0.